The maximum Gasteiger partial charge on any atom is 0.234 e. The minimum absolute atomic E-state index is 0.709. The highest BCUT2D eigenvalue weighted by molar-refractivity contribution is 5.63. The average Bonchev–Trinajstić information content (AvgIpc) is 2.73. The normalized spacial score (nSPS) is 10.8. The van der Waals surface area contributed by atoms with E-state index in [1.807, 2.05) is 35.1 Å². The Bertz CT molecular complexity index is 609. The smallest absolute Gasteiger partial charge is 0.234 e. The Balaban J connectivity index is 2.23. The number of aryl methyl sites for hydroxylation is 1. The fraction of sp³-hybridized carbons (Fsp3) is 0.0833. The summed E-state index contributed by atoms with van der Waals surface area (Å²) < 4.78 is 1.90. The van der Waals surface area contributed by atoms with E-state index in [0.717, 1.165) is 11.3 Å². The monoisotopic (exact) mass is 210 g/mol. The molecule has 4 nitrogen and oxygen atoms in total. The molecule has 0 aliphatic heterocycles. The first-order chi connectivity index (χ1) is 7.84. The summed E-state index contributed by atoms with van der Waals surface area (Å²) in [5.74, 6) is 0.709. The number of aromatic nitrogens is 4. The Labute approximate surface area is 92.6 Å². The van der Waals surface area contributed by atoms with E-state index in [9.17, 15) is 0 Å². The van der Waals surface area contributed by atoms with Crippen molar-refractivity contribution in [1.29, 1.82) is 0 Å². The van der Waals surface area contributed by atoms with Gasteiger partial charge in [0, 0.05) is 36.5 Å². The van der Waals surface area contributed by atoms with Crippen LogP contribution in [-0.2, 0) is 0 Å². The summed E-state index contributed by atoms with van der Waals surface area (Å²) in [6.07, 6.45) is 9.25. The van der Waals surface area contributed by atoms with Crippen LogP contribution >= 0.6 is 0 Å². The minimum atomic E-state index is 0.709. The van der Waals surface area contributed by atoms with Crippen LogP contribution in [-0.4, -0.2) is 19.4 Å². The van der Waals surface area contributed by atoms with Gasteiger partial charge in [0.15, 0.2) is 0 Å². The van der Waals surface area contributed by atoms with Gasteiger partial charge in [-0.1, -0.05) is 0 Å². The van der Waals surface area contributed by atoms with Gasteiger partial charge in [-0.2, -0.15) is 0 Å². The molecule has 0 aliphatic rings. The van der Waals surface area contributed by atoms with E-state index in [2.05, 4.69) is 21.9 Å². The van der Waals surface area contributed by atoms with Crippen LogP contribution < -0.4 is 0 Å². The van der Waals surface area contributed by atoms with Crippen molar-refractivity contribution in [3.05, 3.63) is 48.7 Å². The highest BCUT2D eigenvalue weighted by Gasteiger charge is 2.06. The molecule has 0 aromatic carbocycles. The highest BCUT2D eigenvalue weighted by atomic mass is 15.1. The van der Waals surface area contributed by atoms with Crippen molar-refractivity contribution in [2.24, 2.45) is 0 Å². The second-order valence-corrected chi connectivity index (χ2v) is 3.64. The molecule has 3 aromatic rings. The standard InChI is InChI=1S/C12H10N4/c1-9-3-5-13-7-10(9)11-8-16-6-2-4-14-12(16)15-11/h2-8H,1H3. The van der Waals surface area contributed by atoms with E-state index in [1.165, 1.54) is 5.56 Å². The Morgan fingerprint density at radius 3 is 3.00 bits per heavy atom. The third-order valence-corrected chi connectivity index (χ3v) is 2.55. The fourth-order valence-corrected chi connectivity index (χ4v) is 1.69. The lowest BCUT2D eigenvalue weighted by Crippen LogP contribution is -1.84. The maximum atomic E-state index is 4.46. The molecule has 0 atom stereocenters. The molecule has 0 unspecified atom stereocenters. The number of fused-ring (bicyclic) bond motifs is 1. The van der Waals surface area contributed by atoms with Crippen molar-refractivity contribution in [2.45, 2.75) is 6.92 Å². The van der Waals surface area contributed by atoms with Crippen molar-refractivity contribution in [1.82, 2.24) is 19.4 Å². The summed E-state index contributed by atoms with van der Waals surface area (Å²) in [5, 5.41) is 0. The first-order valence-corrected chi connectivity index (χ1v) is 5.05. The molecule has 78 valence electrons. The molecule has 0 fully saturated rings. The van der Waals surface area contributed by atoms with Crippen LogP contribution in [0.4, 0.5) is 0 Å². The summed E-state index contributed by atoms with van der Waals surface area (Å²) in [6, 6.07) is 3.86. The van der Waals surface area contributed by atoms with Crippen molar-refractivity contribution in [3.8, 4) is 11.3 Å². The Morgan fingerprint density at radius 2 is 2.19 bits per heavy atom. The van der Waals surface area contributed by atoms with Gasteiger partial charge in [0.1, 0.15) is 0 Å². The van der Waals surface area contributed by atoms with E-state index in [1.54, 1.807) is 12.4 Å². The summed E-state index contributed by atoms with van der Waals surface area (Å²) >= 11 is 0. The number of imidazole rings is 1. The largest absolute Gasteiger partial charge is 0.291 e. The van der Waals surface area contributed by atoms with Crippen LogP contribution in [0.25, 0.3) is 17.0 Å². The van der Waals surface area contributed by atoms with Gasteiger partial charge in [0.05, 0.1) is 5.69 Å². The van der Waals surface area contributed by atoms with Gasteiger partial charge in [-0.15, -0.1) is 0 Å². The van der Waals surface area contributed by atoms with Gasteiger partial charge in [0.2, 0.25) is 5.78 Å². The second kappa shape index (κ2) is 3.41. The molecule has 0 aliphatic carbocycles. The molecule has 0 amide bonds. The molecule has 0 N–H and O–H groups in total. The average molecular weight is 210 g/mol. The fourth-order valence-electron chi connectivity index (χ4n) is 1.69. The van der Waals surface area contributed by atoms with E-state index in [4.69, 9.17) is 0 Å². The lowest BCUT2D eigenvalue weighted by atomic mass is 10.1. The number of hydrogen-bond acceptors (Lipinski definition) is 3. The van der Waals surface area contributed by atoms with Crippen molar-refractivity contribution in [3.63, 3.8) is 0 Å². The lowest BCUT2D eigenvalue weighted by Gasteiger charge is -1.98. The van der Waals surface area contributed by atoms with Crippen molar-refractivity contribution in [2.75, 3.05) is 0 Å². The minimum Gasteiger partial charge on any atom is -0.291 e. The zero-order valence-corrected chi connectivity index (χ0v) is 8.83. The van der Waals surface area contributed by atoms with Gasteiger partial charge >= 0.3 is 0 Å². The van der Waals surface area contributed by atoms with Gasteiger partial charge in [0.25, 0.3) is 0 Å². The summed E-state index contributed by atoms with van der Waals surface area (Å²) in [7, 11) is 0. The second-order valence-electron chi connectivity index (χ2n) is 3.64. The maximum absolute atomic E-state index is 4.46. The van der Waals surface area contributed by atoms with E-state index in [0.29, 0.717) is 5.78 Å². The van der Waals surface area contributed by atoms with Gasteiger partial charge in [-0.05, 0) is 24.6 Å². The summed E-state index contributed by atoms with van der Waals surface area (Å²) in [6.45, 7) is 2.05. The molecule has 3 aromatic heterocycles. The predicted molar refractivity (Wildman–Crippen MR) is 61.0 cm³/mol. The van der Waals surface area contributed by atoms with E-state index < -0.39 is 0 Å². The quantitative estimate of drug-likeness (QED) is 0.617. The molecule has 3 heterocycles. The molecule has 3 rings (SSSR count). The van der Waals surface area contributed by atoms with Crippen LogP contribution in [0.5, 0.6) is 0 Å². The third kappa shape index (κ3) is 1.35. The molecule has 0 bridgehead atoms. The molecular formula is C12H10N4. The van der Waals surface area contributed by atoms with Crippen LogP contribution in [0.2, 0.25) is 0 Å². The number of hydrogen-bond donors (Lipinski definition) is 0. The Hall–Kier alpha value is -2.23. The van der Waals surface area contributed by atoms with Crippen molar-refractivity contribution < 1.29 is 0 Å². The molecule has 0 saturated heterocycles. The molecule has 16 heavy (non-hydrogen) atoms. The zero-order chi connectivity index (χ0) is 11.0. The lowest BCUT2D eigenvalue weighted by molar-refractivity contribution is 1.11. The zero-order valence-electron chi connectivity index (χ0n) is 8.83. The predicted octanol–water partition coefficient (Wildman–Crippen LogP) is 2.10. The first-order valence-electron chi connectivity index (χ1n) is 5.05. The van der Waals surface area contributed by atoms with Gasteiger partial charge in [-0.3, -0.25) is 9.38 Å². The SMILES string of the molecule is Cc1ccncc1-c1cn2cccnc2n1. The van der Waals surface area contributed by atoms with E-state index >= 15 is 0 Å². The van der Waals surface area contributed by atoms with Crippen LogP contribution in [0.3, 0.4) is 0 Å². The van der Waals surface area contributed by atoms with Crippen molar-refractivity contribution >= 4 is 5.78 Å². The Kier molecular flexibility index (Phi) is 1.93. The highest BCUT2D eigenvalue weighted by Crippen LogP contribution is 2.20. The third-order valence-electron chi connectivity index (χ3n) is 2.55. The molecular weight excluding hydrogens is 200 g/mol. The van der Waals surface area contributed by atoms with Gasteiger partial charge in [-0.25, -0.2) is 9.97 Å². The number of pyridine rings is 1. The summed E-state index contributed by atoms with van der Waals surface area (Å²) in [5.41, 5.74) is 3.12. The number of rotatable bonds is 1. The molecule has 4 heteroatoms. The first kappa shape index (κ1) is 9.03. The van der Waals surface area contributed by atoms with Crippen LogP contribution in [0, 0.1) is 6.92 Å². The summed E-state index contributed by atoms with van der Waals surface area (Å²) in [4.78, 5) is 12.8. The van der Waals surface area contributed by atoms with Gasteiger partial charge < -0.3 is 0 Å². The van der Waals surface area contributed by atoms with E-state index in [-0.39, 0.29) is 0 Å². The number of nitrogens with zero attached hydrogens (tertiary/aromatic N) is 4. The molecule has 0 spiro atoms. The Morgan fingerprint density at radius 1 is 1.25 bits per heavy atom. The topological polar surface area (TPSA) is 43.1 Å². The molecule has 0 saturated carbocycles. The molecule has 0 radical (unpaired) electrons. The van der Waals surface area contributed by atoms with Crippen LogP contribution in [0.1, 0.15) is 5.56 Å². The van der Waals surface area contributed by atoms with Crippen LogP contribution in [0.15, 0.2) is 43.1 Å².